The highest BCUT2D eigenvalue weighted by atomic mass is 15.1. The minimum absolute atomic E-state index is 0.248. The second-order valence-electron chi connectivity index (χ2n) is 7.74. The summed E-state index contributed by atoms with van der Waals surface area (Å²) in [6.45, 7) is 7.61. The Bertz CT molecular complexity index is 828. The Kier molecular flexibility index (Phi) is 4.32. The lowest BCUT2D eigenvalue weighted by Gasteiger charge is -2.21. The quantitative estimate of drug-likeness (QED) is 0.593. The summed E-state index contributed by atoms with van der Waals surface area (Å²) in [5.41, 5.74) is 5.30. The number of allylic oxidation sites excluding steroid dienone is 2. The van der Waals surface area contributed by atoms with Crippen molar-refractivity contribution in [3.63, 3.8) is 0 Å². The standard InChI is InChI=1S/C22H28N2/c1-7-22(4)15-17(14-16(2)3)21-19(12-13-23(5)6)18-10-8-9-11-20(18)24(21)22/h1,8-11,14,17H,12-13,15H2,2-6H3/t17-,22+/m0/s1. The van der Waals surface area contributed by atoms with Crippen molar-refractivity contribution in [3.8, 4) is 12.3 Å². The Morgan fingerprint density at radius 1 is 1.38 bits per heavy atom. The minimum atomic E-state index is -0.248. The number of aromatic nitrogens is 1. The van der Waals surface area contributed by atoms with E-state index in [0.29, 0.717) is 5.92 Å². The highest BCUT2D eigenvalue weighted by molar-refractivity contribution is 5.87. The molecular formula is C22H28N2. The van der Waals surface area contributed by atoms with Crippen molar-refractivity contribution < 1.29 is 0 Å². The molecule has 3 rings (SSSR count). The minimum Gasteiger partial charge on any atom is -0.327 e. The third kappa shape index (κ3) is 2.68. The molecule has 0 radical (unpaired) electrons. The van der Waals surface area contributed by atoms with E-state index in [4.69, 9.17) is 6.42 Å². The van der Waals surface area contributed by atoms with Crippen LogP contribution in [-0.2, 0) is 12.0 Å². The van der Waals surface area contributed by atoms with Crippen LogP contribution in [0.15, 0.2) is 35.9 Å². The van der Waals surface area contributed by atoms with E-state index in [1.165, 1.54) is 27.7 Å². The average Bonchev–Trinajstić information content (AvgIpc) is 3.00. The second kappa shape index (κ2) is 6.15. The van der Waals surface area contributed by atoms with Gasteiger partial charge in [0, 0.05) is 29.1 Å². The van der Waals surface area contributed by atoms with Crippen LogP contribution in [-0.4, -0.2) is 30.1 Å². The van der Waals surface area contributed by atoms with Gasteiger partial charge in [0.25, 0.3) is 0 Å². The van der Waals surface area contributed by atoms with E-state index in [9.17, 15) is 0 Å². The zero-order chi connectivity index (χ0) is 17.5. The van der Waals surface area contributed by atoms with Gasteiger partial charge in [-0.25, -0.2) is 0 Å². The molecule has 0 aliphatic carbocycles. The molecule has 24 heavy (non-hydrogen) atoms. The van der Waals surface area contributed by atoms with E-state index in [0.717, 1.165) is 19.4 Å². The number of likely N-dealkylation sites (N-methyl/N-ethyl adjacent to an activating group) is 1. The van der Waals surface area contributed by atoms with Crippen LogP contribution in [0.25, 0.3) is 10.9 Å². The first kappa shape index (κ1) is 16.9. The number of hydrogen-bond acceptors (Lipinski definition) is 1. The van der Waals surface area contributed by atoms with Crippen LogP contribution >= 0.6 is 0 Å². The van der Waals surface area contributed by atoms with E-state index in [2.05, 4.69) is 80.6 Å². The second-order valence-corrected chi connectivity index (χ2v) is 7.74. The van der Waals surface area contributed by atoms with Crippen LogP contribution in [0.5, 0.6) is 0 Å². The highest BCUT2D eigenvalue weighted by Gasteiger charge is 2.41. The van der Waals surface area contributed by atoms with Crippen LogP contribution in [0.4, 0.5) is 0 Å². The van der Waals surface area contributed by atoms with Gasteiger partial charge in [-0.3, -0.25) is 0 Å². The first-order valence-electron chi connectivity index (χ1n) is 8.77. The first-order valence-corrected chi connectivity index (χ1v) is 8.77. The van der Waals surface area contributed by atoms with Crippen molar-refractivity contribution in [2.75, 3.05) is 20.6 Å². The number of hydrogen-bond donors (Lipinski definition) is 0. The molecule has 0 amide bonds. The number of terminal acetylenes is 1. The number of nitrogens with zero attached hydrogens (tertiary/aromatic N) is 2. The Morgan fingerprint density at radius 3 is 2.71 bits per heavy atom. The summed E-state index contributed by atoms with van der Waals surface area (Å²) in [5, 5.41) is 1.36. The van der Waals surface area contributed by atoms with Gasteiger partial charge in [0.05, 0.1) is 0 Å². The molecule has 0 N–H and O–H groups in total. The molecule has 2 atom stereocenters. The summed E-state index contributed by atoms with van der Waals surface area (Å²) in [7, 11) is 4.27. The molecule has 1 aromatic heterocycles. The molecule has 2 heteroatoms. The van der Waals surface area contributed by atoms with Crippen LogP contribution < -0.4 is 0 Å². The van der Waals surface area contributed by atoms with Gasteiger partial charge in [0.2, 0.25) is 0 Å². The average molecular weight is 320 g/mol. The van der Waals surface area contributed by atoms with Gasteiger partial charge in [-0.15, -0.1) is 6.42 Å². The van der Waals surface area contributed by atoms with Crippen molar-refractivity contribution in [2.24, 2.45) is 0 Å². The SMILES string of the molecule is C#C[C@]1(C)C[C@H](C=C(C)C)c2c(CCN(C)C)c3ccccc3n21. The van der Waals surface area contributed by atoms with E-state index in [1.807, 2.05) is 0 Å². The van der Waals surface area contributed by atoms with Crippen LogP contribution in [0.2, 0.25) is 0 Å². The topological polar surface area (TPSA) is 8.17 Å². The van der Waals surface area contributed by atoms with Crippen LogP contribution in [0.1, 0.15) is 44.4 Å². The lowest BCUT2D eigenvalue weighted by molar-refractivity contribution is 0.413. The molecule has 1 aliphatic heterocycles. The lowest BCUT2D eigenvalue weighted by Crippen LogP contribution is -2.23. The van der Waals surface area contributed by atoms with E-state index in [-0.39, 0.29) is 5.54 Å². The van der Waals surface area contributed by atoms with Gasteiger partial charge in [0.1, 0.15) is 5.54 Å². The Morgan fingerprint density at radius 2 is 2.08 bits per heavy atom. The molecule has 0 fully saturated rings. The third-order valence-electron chi connectivity index (χ3n) is 5.14. The smallest absolute Gasteiger partial charge is 0.104 e. The molecule has 0 spiro atoms. The maximum absolute atomic E-state index is 6.00. The largest absolute Gasteiger partial charge is 0.327 e. The van der Waals surface area contributed by atoms with Crippen molar-refractivity contribution in [1.29, 1.82) is 0 Å². The normalized spacial score (nSPS) is 22.6. The van der Waals surface area contributed by atoms with Crippen LogP contribution in [0, 0.1) is 12.3 Å². The van der Waals surface area contributed by atoms with Gasteiger partial charge in [-0.1, -0.05) is 35.8 Å². The maximum atomic E-state index is 6.00. The molecule has 0 bridgehead atoms. The lowest BCUT2D eigenvalue weighted by atomic mass is 9.89. The predicted molar refractivity (Wildman–Crippen MR) is 103 cm³/mol. The summed E-state index contributed by atoms with van der Waals surface area (Å²) in [6, 6.07) is 8.73. The number of fused-ring (bicyclic) bond motifs is 3. The molecule has 2 heterocycles. The molecule has 0 unspecified atom stereocenters. The molecule has 2 aromatic rings. The summed E-state index contributed by atoms with van der Waals surface area (Å²) in [4.78, 5) is 2.25. The maximum Gasteiger partial charge on any atom is 0.104 e. The van der Waals surface area contributed by atoms with Crippen LogP contribution in [0.3, 0.4) is 0 Å². The summed E-state index contributed by atoms with van der Waals surface area (Å²) in [5.74, 6) is 3.50. The Labute approximate surface area is 146 Å². The molecule has 0 saturated carbocycles. The fourth-order valence-electron chi connectivity index (χ4n) is 4.13. The van der Waals surface area contributed by atoms with E-state index >= 15 is 0 Å². The monoisotopic (exact) mass is 320 g/mol. The van der Waals surface area contributed by atoms with Crippen molar-refractivity contribution in [1.82, 2.24) is 9.47 Å². The fourth-order valence-corrected chi connectivity index (χ4v) is 4.13. The van der Waals surface area contributed by atoms with Crippen molar-refractivity contribution in [2.45, 2.75) is 45.1 Å². The zero-order valence-corrected chi connectivity index (χ0v) is 15.6. The summed E-state index contributed by atoms with van der Waals surface area (Å²) in [6.07, 6.45) is 10.4. The third-order valence-corrected chi connectivity index (χ3v) is 5.14. The zero-order valence-electron chi connectivity index (χ0n) is 15.6. The molecule has 1 aromatic carbocycles. The van der Waals surface area contributed by atoms with E-state index < -0.39 is 0 Å². The molecule has 1 aliphatic rings. The number of rotatable bonds is 4. The summed E-state index contributed by atoms with van der Waals surface area (Å²) >= 11 is 0. The molecule has 0 saturated heterocycles. The fraction of sp³-hybridized carbons (Fsp3) is 0.455. The summed E-state index contributed by atoms with van der Waals surface area (Å²) < 4.78 is 2.44. The van der Waals surface area contributed by atoms with Gasteiger partial charge < -0.3 is 9.47 Å². The molecule has 2 nitrogen and oxygen atoms in total. The van der Waals surface area contributed by atoms with Gasteiger partial charge in [0.15, 0.2) is 0 Å². The molecular weight excluding hydrogens is 292 g/mol. The molecule has 126 valence electrons. The predicted octanol–water partition coefficient (Wildman–Crippen LogP) is 4.55. The first-order chi connectivity index (χ1) is 11.4. The van der Waals surface area contributed by atoms with Gasteiger partial charge in [-0.05, 0) is 59.3 Å². The van der Waals surface area contributed by atoms with Gasteiger partial charge >= 0.3 is 0 Å². The number of benzene rings is 1. The van der Waals surface area contributed by atoms with Gasteiger partial charge in [-0.2, -0.15) is 0 Å². The van der Waals surface area contributed by atoms with Crippen molar-refractivity contribution in [3.05, 3.63) is 47.2 Å². The Hall–Kier alpha value is -1.98. The highest BCUT2D eigenvalue weighted by Crippen LogP contribution is 2.47. The van der Waals surface area contributed by atoms with Crippen molar-refractivity contribution >= 4 is 10.9 Å². The van der Waals surface area contributed by atoms with E-state index in [1.54, 1.807) is 0 Å². The number of para-hydroxylation sites is 1. The Balaban J connectivity index is 2.28.